The third-order valence-corrected chi connectivity index (χ3v) is 3.40. The van der Waals surface area contributed by atoms with Crippen LogP contribution in [0.25, 0.3) is 0 Å². The van der Waals surface area contributed by atoms with Crippen molar-refractivity contribution in [3.05, 3.63) is 35.9 Å². The van der Waals surface area contributed by atoms with Gasteiger partial charge in [-0.05, 0) is 5.56 Å². The third-order valence-electron chi connectivity index (χ3n) is 3.40. The maximum Gasteiger partial charge on any atom is 0.407 e. The van der Waals surface area contributed by atoms with E-state index in [0.29, 0.717) is 72.6 Å². The molecule has 0 aliphatic carbocycles. The fourth-order valence-corrected chi connectivity index (χ4v) is 2.01. The van der Waals surface area contributed by atoms with E-state index < -0.39 is 6.09 Å². The summed E-state index contributed by atoms with van der Waals surface area (Å²) in [5.41, 5.74) is 0.943. The van der Waals surface area contributed by atoms with E-state index in [4.69, 9.17) is 34.8 Å². The number of carbonyl (C=O) groups excluding carboxylic acids is 1. The molecule has 0 atom stereocenters. The smallest absolute Gasteiger partial charge is 0.407 e. The quantitative estimate of drug-likeness (QED) is 0.291. The predicted molar refractivity (Wildman–Crippen MR) is 108 cm³/mol. The summed E-state index contributed by atoms with van der Waals surface area (Å²) in [5.74, 6) is 2.38. The number of nitrogens with one attached hydrogen (secondary N) is 1. The van der Waals surface area contributed by atoms with Crippen LogP contribution < -0.4 is 5.32 Å². The van der Waals surface area contributed by atoms with Crippen LogP contribution in [0.5, 0.6) is 0 Å². The molecule has 0 aromatic heterocycles. The number of alkyl carbamates (subject to hydrolysis) is 1. The lowest BCUT2D eigenvalue weighted by Crippen LogP contribution is -2.28. The highest BCUT2D eigenvalue weighted by atomic mass is 16.6. The molecule has 1 amide bonds. The van der Waals surface area contributed by atoms with E-state index in [1.165, 1.54) is 0 Å². The monoisotopic (exact) mass is 409 g/mol. The van der Waals surface area contributed by atoms with Crippen molar-refractivity contribution in [1.29, 1.82) is 0 Å². The van der Waals surface area contributed by atoms with Crippen LogP contribution in [0.3, 0.4) is 0 Å². The largest absolute Gasteiger partial charge is 0.445 e. The predicted octanol–water partition coefficient (Wildman–Crippen LogP) is 1.63. The van der Waals surface area contributed by atoms with Crippen molar-refractivity contribution in [3.63, 3.8) is 0 Å². The fourth-order valence-electron chi connectivity index (χ4n) is 2.01. The van der Waals surface area contributed by atoms with Crippen molar-refractivity contribution in [2.45, 2.75) is 6.61 Å². The molecule has 0 bridgehead atoms. The number of hydrogen-bond acceptors (Lipinski definition) is 7. The summed E-state index contributed by atoms with van der Waals surface area (Å²) in [4.78, 5) is 11.5. The van der Waals surface area contributed by atoms with Crippen LogP contribution in [0.4, 0.5) is 4.79 Å². The van der Waals surface area contributed by atoms with Crippen molar-refractivity contribution < 1.29 is 33.2 Å². The molecule has 0 radical (unpaired) electrons. The lowest BCUT2D eigenvalue weighted by atomic mass is 10.2. The Kier molecular flexibility index (Phi) is 16.5. The van der Waals surface area contributed by atoms with Gasteiger partial charge in [0.15, 0.2) is 0 Å². The van der Waals surface area contributed by atoms with E-state index in [1.54, 1.807) is 0 Å². The van der Waals surface area contributed by atoms with Gasteiger partial charge in [-0.3, -0.25) is 0 Å². The number of benzene rings is 1. The molecule has 0 saturated carbocycles. The zero-order valence-corrected chi connectivity index (χ0v) is 16.8. The first-order valence-electron chi connectivity index (χ1n) is 9.59. The number of ether oxygens (including phenoxy) is 6. The molecular weight excluding hydrogens is 378 g/mol. The second-order valence-corrected chi connectivity index (χ2v) is 5.69. The van der Waals surface area contributed by atoms with Crippen molar-refractivity contribution in [3.8, 4) is 12.3 Å². The zero-order chi connectivity index (χ0) is 20.8. The van der Waals surface area contributed by atoms with Gasteiger partial charge in [0.1, 0.15) is 13.2 Å². The van der Waals surface area contributed by atoms with Gasteiger partial charge in [0, 0.05) is 6.54 Å². The number of rotatable bonds is 18. The molecule has 0 fully saturated rings. The molecule has 1 N–H and O–H groups in total. The SMILES string of the molecule is C#CCOCCOCCOCCOCCOCCNC(=O)OCc1ccccc1. The standard InChI is InChI=1S/C21H31NO7/c1-2-9-24-11-13-26-15-17-28-18-16-27-14-12-25-10-8-22-21(23)29-19-20-6-4-3-5-7-20/h1,3-7H,8-19H2,(H,22,23). The Morgan fingerprint density at radius 1 is 0.793 bits per heavy atom. The zero-order valence-electron chi connectivity index (χ0n) is 16.8. The van der Waals surface area contributed by atoms with Gasteiger partial charge >= 0.3 is 6.09 Å². The second-order valence-electron chi connectivity index (χ2n) is 5.69. The van der Waals surface area contributed by atoms with Gasteiger partial charge in [-0.1, -0.05) is 36.3 Å². The van der Waals surface area contributed by atoms with Crippen molar-refractivity contribution in [2.75, 3.05) is 72.6 Å². The van der Waals surface area contributed by atoms with Crippen molar-refractivity contribution in [1.82, 2.24) is 5.32 Å². The van der Waals surface area contributed by atoms with Crippen LogP contribution >= 0.6 is 0 Å². The normalized spacial score (nSPS) is 10.4. The van der Waals surface area contributed by atoms with Gasteiger partial charge in [-0.2, -0.15) is 0 Å². The molecule has 29 heavy (non-hydrogen) atoms. The molecule has 162 valence electrons. The first kappa shape index (κ1) is 24.9. The lowest BCUT2D eigenvalue weighted by Gasteiger charge is -2.09. The second kappa shape index (κ2) is 19.2. The molecule has 1 rings (SSSR count). The minimum absolute atomic E-state index is 0.247. The summed E-state index contributed by atoms with van der Waals surface area (Å²) in [5, 5.41) is 2.63. The van der Waals surface area contributed by atoms with Crippen LogP contribution in [0.2, 0.25) is 0 Å². The van der Waals surface area contributed by atoms with Gasteiger partial charge in [0.2, 0.25) is 0 Å². The Balaban J connectivity index is 1.75. The van der Waals surface area contributed by atoms with Crippen LogP contribution in [-0.2, 0) is 35.0 Å². The highest BCUT2D eigenvalue weighted by Crippen LogP contribution is 2.00. The fraction of sp³-hybridized carbons (Fsp3) is 0.571. The Labute approximate surface area is 172 Å². The van der Waals surface area contributed by atoms with E-state index in [-0.39, 0.29) is 6.61 Å². The topological polar surface area (TPSA) is 84.5 Å². The first-order valence-corrected chi connectivity index (χ1v) is 9.59. The Bertz CT molecular complexity index is 548. The molecular formula is C21H31NO7. The van der Waals surface area contributed by atoms with Crippen LogP contribution in [0.1, 0.15) is 5.56 Å². The molecule has 1 aromatic rings. The summed E-state index contributed by atoms with van der Waals surface area (Å²) >= 11 is 0. The minimum Gasteiger partial charge on any atom is -0.445 e. The molecule has 0 spiro atoms. The van der Waals surface area contributed by atoms with E-state index in [2.05, 4.69) is 11.2 Å². The van der Waals surface area contributed by atoms with Gasteiger partial charge in [-0.15, -0.1) is 6.42 Å². The molecule has 0 aliphatic rings. The Morgan fingerprint density at radius 2 is 1.31 bits per heavy atom. The van der Waals surface area contributed by atoms with E-state index in [1.807, 2.05) is 30.3 Å². The summed E-state index contributed by atoms with van der Waals surface area (Å²) in [6.07, 6.45) is 4.59. The molecule has 8 nitrogen and oxygen atoms in total. The van der Waals surface area contributed by atoms with E-state index in [0.717, 1.165) is 5.56 Å². The average molecular weight is 409 g/mol. The van der Waals surface area contributed by atoms with E-state index >= 15 is 0 Å². The maximum absolute atomic E-state index is 11.5. The summed E-state index contributed by atoms with van der Waals surface area (Å²) in [6.45, 7) is 5.19. The molecule has 1 aromatic carbocycles. The Hall–Kier alpha value is -2.15. The molecule has 0 saturated heterocycles. The number of carbonyl (C=O) groups is 1. The first-order chi connectivity index (χ1) is 14.3. The number of terminal acetylenes is 1. The van der Waals surface area contributed by atoms with Gasteiger partial charge in [0.05, 0.1) is 59.5 Å². The average Bonchev–Trinajstić information content (AvgIpc) is 2.75. The van der Waals surface area contributed by atoms with E-state index in [9.17, 15) is 4.79 Å². The molecule has 0 aliphatic heterocycles. The summed E-state index contributed by atoms with van der Waals surface area (Å²) in [7, 11) is 0. The van der Waals surface area contributed by atoms with Gasteiger partial charge in [-0.25, -0.2) is 4.79 Å². The minimum atomic E-state index is -0.463. The van der Waals surface area contributed by atoms with Crippen LogP contribution in [-0.4, -0.2) is 78.7 Å². The molecule has 0 unspecified atom stereocenters. The summed E-state index contributed by atoms with van der Waals surface area (Å²) < 4.78 is 31.6. The summed E-state index contributed by atoms with van der Waals surface area (Å²) in [6, 6.07) is 9.50. The highest BCUT2D eigenvalue weighted by molar-refractivity contribution is 5.67. The highest BCUT2D eigenvalue weighted by Gasteiger charge is 2.01. The van der Waals surface area contributed by atoms with Gasteiger partial charge < -0.3 is 33.7 Å². The van der Waals surface area contributed by atoms with Crippen molar-refractivity contribution >= 4 is 6.09 Å². The number of amides is 1. The van der Waals surface area contributed by atoms with Crippen LogP contribution in [0, 0.1) is 12.3 Å². The maximum atomic E-state index is 11.5. The van der Waals surface area contributed by atoms with Crippen LogP contribution in [0.15, 0.2) is 30.3 Å². The van der Waals surface area contributed by atoms with Gasteiger partial charge in [0.25, 0.3) is 0 Å². The lowest BCUT2D eigenvalue weighted by molar-refractivity contribution is -0.00889. The van der Waals surface area contributed by atoms with Crippen molar-refractivity contribution in [2.24, 2.45) is 0 Å². The third kappa shape index (κ3) is 16.5. The number of hydrogen-bond donors (Lipinski definition) is 1. The molecule has 0 heterocycles. The Morgan fingerprint density at radius 3 is 1.86 bits per heavy atom. The molecule has 8 heteroatoms.